The maximum absolute atomic E-state index is 13.6. The number of H-pyrrole nitrogens is 2. The number of hydrogen-bond acceptors (Lipinski definition) is 9. The standard InChI is InChI=1S/C43H56N8O7/c1-27(2)37(49-43(55)57-5)41(53)51-22-11-13-35(51)39-44-24-32(46-39)30-18-14-28(15-19-30)29-16-20-31(21-17-29)38-33-26-58-23-10-8-6-7-9-12-34(40(47-33)48-38)50(3)36(52)25-45-42(54)56-4/h14-21,24,27,34-35,37H,6-13,22-23,25-26H2,1-5H3,(H,44,46)(H,45,54)(H,47,48)(H,49,55)/t34?,35-,37-/m0/s1. The molecule has 2 aliphatic rings. The number of nitrogens with one attached hydrogen (secondary N) is 4. The highest BCUT2D eigenvalue weighted by Gasteiger charge is 2.37. The van der Waals surface area contributed by atoms with Crippen molar-refractivity contribution in [3.63, 3.8) is 0 Å². The zero-order chi connectivity index (χ0) is 41.2. The second-order valence-corrected chi connectivity index (χ2v) is 15.3. The maximum atomic E-state index is 13.6. The quantitative estimate of drug-likeness (QED) is 0.133. The minimum absolute atomic E-state index is 0.110. The average Bonchev–Trinajstić information content (AvgIpc) is 4.03. The zero-order valence-electron chi connectivity index (χ0n) is 34.1. The molecule has 4 heterocycles. The monoisotopic (exact) mass is 796 g/mol. The van der Waals surface area contributed by atoms with E-state index in [1.165, 1.54) is 14.2 Å². The number of likely N-dealkylation sites (N-methyl/N-ethyl adjacent to an activating group) is 1. The molecule has 4 N–H and O–H groups in total. The van der Waals surface area contributed by atoms with Gasteiger partial charge in [0.25, 0.3) is 0 Å². The Balaban J connectivity index is 1.17. The van der Waals surface area contributed by atoms with Crippen LogP contribution in [0.3, 0.4) is 0 Å². The molecule has 2 bridgehead atoms. The third-order valence-electron chi connectivity index (χ3n) is 11.1. The number of carbonyl (C=O) groups excluding carboxylic acids is 4. The van der Waals surface area contributed by atoms with Crippen molar-refractivity contribution in [1.82, 2.24) is 40.4 Å². The van der Waals surface area contributed by atoms with Gasteiger partial charge in [0.2, 0.25) is 11.8 Å². The number of amides is 4. The molecular formula is C43H56N8O7. The number of hydrogen-bond donors (Lipinski definition) is 4. The topological polar surface area (TPSA) is 184 Å². The van der Waals surface area contributed by atoms with Crippen molar-refractivity contribution < 1.29 is 33.4 Å². The van der Waals surface area contributed by atoms with Crippen LogP contribution in [0.5, 0.6) is 0 Å². The van der Waals surface area contributed by atoms with Gasteiger partial charge in [-0.25, -0.2) is 19.6 Å². The molecule has 0 aliphatic carbocycles. The molecule has 1 saturated heterocycles. The average molecular weight is 797 g/mol. The van der Waals surface area contributed by atoms with Crippen LogP contribution in [0.2, 0.25) is 0 Å². The van der Waals surface area contributed by atoms with Crippen LogP contribution >= 0.6 is 0 Å². The molecule has 1 fully saturated rings. The number of likely N-dealkylation sites (tertiary alicyclic amines) is 1. The van der Waals surface area contributed by atoms with Gasteiger partial charge in [0.15, 0.2) is 0 Å². The minimum Gasteiger partial charge on any atom is -0.453 e. The van der Waals surface area contributed by atoms with Crippen molar-refractivity contribution in [3.8, 4) is 33.6 Å². The summed E-state index contributed by atoms with van der Waals surface area (Å²) in [5, 5.41) is 5.19. The first-order chi connectivity index (χ1) is 28.1. The second-order valence-electron chi connectivity index (χ2n) is 15.3. The molecule has 2 aromatic carbocycles. The molecular weight excluding hydrogens is 741 g/mol. The Hall–Kier alpha value is -5.70. The normalized spacial score (nSPS) is 18.0. The Labute approximate surface area is 339 Å². The van der Waals surface area contributed by atoms with E-state index in [1.54, 1.807) is 16.8 Å². The minimum atomic E-state index is -0.693. The van der Waals surface area contributed by atoms with Crippen LogP contribution in [-0.4, -0.2) is 101 Å². The summed E-state index contributed by atoms with van der Waals surface area (Å²) in [5.41, 5.74) is 6.37. The van der Waals surface area contributed by atoms with Gasteiger partial charge < -0.3 is 44.6 Å². The molecule has 15 heteroatoms. The van der Waals surface area contributed by atoms with Gasteiger partial charge in [-0.15, -0.1) is 0 Å². The summed E-state index contributed by atoms with van der Waals surface area (Å²) in [5.74, 6) is 0.911. The molecule has 0 spiro atoms. The van der Waals surface area contributed by atoms with Gasteiger partial charge in [0, 0.05) is 37.5 Å². The summed E-state index contributed by atoms with van der Waals surface area (Å²) in [6, 6.07) is 15.3. The van der Waals surface area contributed by atoms with E-state index in [9.17, 15) is 19.2 Å². The molecule has 0 radical (unpaired) electrons. The largest absolute Gasteiger partial charge is 0.453 e. The molecule has 4 aromatic rings. The third kappa shape index (κ3) is 10.0. The zero-order valence-corrected chi connectivity index (χ0v) is 34.1. The van der Waals surface area contributed by atoms with E-state index >= 15 is 0 Å². The first-order valence-electron chi connectivity index (χ1n) is 20.2. The van der Waals surface area contributed by atoms with E-state index in [0.29, 0.717) is 25.6 Å². The molecule has 2 aliphatic heterocycles. The summed E-state index contributed by atoms with van der Waals surface area (Å²) in [7, 11) is 4.30. The number of alkyl carbamates (subject to hydrolysis) is 2. The van der Waals surface area contributed by atoms with E-state index < -0.39 is 18.2 Å². The van der Waals surface area contributed by atoms with E-state index in [1.807, 2.05) is 32.2 Å². The van der Waals surface area contributed by atoms with Gasteiger partial charge in [0.05, 0.1) is 50.0 Å². The van der Waals surface area contributed by atoms with E-state index in [2.05, 4.69) is 61.7 Å². The summed E-state index contributed by atoms with van der Waals surface area (Å²) in [6.07, 6.45) is 8.10. The fraction of sp³-hybridized carbons (Fsp3) is 0.488. The van der Waals surface area contributed by atoms with Crippen LogP contribution < -0.4 is 10.6 Å². The SMILES string of the molecule is COC(=O)NCC(=O)N(C)C1CCCCCCCOCc2[nH]c1nc2-c1ccc(-c2ccc(-c3c[nH]c([C@@H]4CCCN4C(=O)[C@@H](NC(=O)OC)C(C)C)n3)cc2)cc1. The van der Waals surface area contributed by atoms with Gasteiger partial charge in [-0.05, 0) is 42.7 Å². The Morgan fingerprint density at radius 2 is 1.50 bits per heavy atom. The molecule has 3 atom stereocenters. The highest BCUT2D eigenvalue weighted by Crippen LogP contribution is 2.34. The number of nitrogens with zero attached hydrogens (tertiary/aromatic N) is 4. The number of ether oxygens (including phenoxy) is 3. The molecule has 1 unspecified atom stereocenters. The summed E-state index contributed by atoms with van der Waals surface area (Å²) in [4.78, 5) is 70.6. The number of imidazole rings is 2. The fourth-order valence-electron chi connectivity index (χ4n) is 7.71. The lowest BCUT2D eigenvalue weighted by Gasteiger charge is -2.29. The van der Waals surface area contributed by atoms with Crippen LogP contribution in [0, 0.1) is 5.92 Å². The van der Waals surface area contributed by atoms with E-state index in [0.717, 1.165) is 96.5 Å². The van der Waals surface area contributed by atoms with Crippen LogP contribution in [0.1, 0.15) is 94.6 Å². The first kappa shape index (κ1) is 41.9. The first-order valence-corrected chi connectivity index (χ1v) is 20.2. The molecule has 0 saturated carbocycles. The van der Waals surface area contributed by atoms with Crippen molar-refractivity contribution in [2.45, 2.75) is 89.9 Å². The van der Waals surface area contributed by atoms with Crippen LogP contribution in [-0.2, 0) is 30.4 Å². The Morgan fingerprint density at radius 1 is 0.845 bits per heavy atom. The van der Waals surface area contributed by atoms with Crippen LogP contribution in [0.4, 0.5) is 9.59 Å². The number of aromatic amines is 2. The second kappa shape index (κ2) is 19.6. The van der Waals surface area contributed by atoms with Crippen LogP contribution in [0.15, 0.2) is 54.7 Å². The van der Waals surface area contributed by atoms with Crippen molar-refractivity contribution in [2.24, 2.45) is 5.92 Å². The van der Waals surface area contributed by atoms with E-state index in [4.69, 9.17) is 19.4 Å². The van der Waals surface area contributed by atoms with Crippen molar-refractivity contribution in [2.75, 3.05) is 41.0 Å². The number of methoxy groups -OCH3 is 2. The summed E-state index contributed by atoms with van der Waals surface area (Å²) < 4.78 is 15.5. The predicted molar refractivity (Wildman–Crippen MR) is 218 cm³/mol. The Kier molecular flexibility index (Phi) is 14.2. The Bertz CT molecular complexity index is 2010. The number of aromatic nitrogens is 4. The molecule has 2 aromatic heterocycles. The molecule has 15 nitrogen and oxygen atoms in total. The fourth-order valence-corrected chi connectivity index (χ4v) is 7.71. The maximum Gasteiger partial charge on any atom is 0.407 e. The lowest BCUT2D eigenvalue weighted by molar-refractivity contribution is -0.135. The molecule has 310 valence electrons. The lowest BCUT2D eigenvalue weighted by atomic mass is 10.0. The molecule has 58 heavy (non-hydrogen) atoms. The van der Waals surface area contributed by atoms with Gasteiger partial charge >= 0.3 is 12.2 Å². The third-order valence-corrected chi connectivity index (χ3v) is 11.1. The molecule has 4 amide bonds. The van der Waals surface area contributed by atoms with Gasteiger partial charge in [-0.2, -0.15) is 0 Å². The van der Waals surface area contributed by atoms with Gasteiger partial charge in [-0.1, -0.05) is 88.1 Å². The van der Waals surface area contributed by atoms with E-state index in [-0.39, 0.29) is 36.4 Å². The summed E-state index contributed by atoms with van der Waals surface area (Å²) >= 11 is 0. The summed E-state index contributed by atoms with van der Waals surface area (Å²) in [6.45, 7) is 5.25. The van der Waals surface area contributed by atoms with Gasteiger partial charge in [0.1, 0.15) is 24.2 Å². The lowest BCUT2D eigenvalue weighted by Crippen LogP contribution is -2.51. The highest BCUT2D eigenvalue weighted by atomic mass is 16.5. The number of benzene rings is 2. The molecule has 6 rings (SSSR count). The highest BCUT2D eigenvalue weighted by molar-refractivity contribution is 5.86. The Morgan fingerprint density at radius 3 is 2.19 bits per heavy atom. The number of fused-ring (bicyclic) bond motifs is 2. The van der Waals surface area contributed by atoms with Crippen molar-refractivity contribution in [1.29, 1.82) is 0 Å². The van der Waals surface area contributed by atoms with Gasteiger partial charge in [-0.3, -0.25) is 9.59 Å². The van der Waals surface area contributed by atoms with Crippen LogP contribution in [0.25, 0.3) is 33.6 Å². The number of carbonyl (C=O) groups is 4. The van der Waals surface area contributed by atoms with Crippen molar-refractivity contribution in [3.05, 3.63) is 72.1 Å². The smallest absolute Gasteiger partial charge is 0.407 e. The number of rotatable bonds is 10. The predicted octanol–water partition coefficient (Wildman–Crippen LogP) is 6.90. The van der Waals surface area contributed by atoms with Crippen molar-refractivity contribution >= 4 is 24.0 Å².